The molecule has 0 radical (unpaired) electrons. The van der Waals surface area contributed by atoms with Crippen LogP contribution in [0.25, 0.3) is 0 Å². The van der Waals surface area contributed by atoms with Gasteiger partial charge < -0.3 is 20.4 Å². The minimum absolute atomic E-state index is 0. The van der Waals surface area contributed by atoms with Crippen molar-refractivity contribution >= 4 is 29.9 Å². The summed E-state index contributed by atoms with van der Waals surface area (Å²) in [6.07, 6.45) is 6.63. The fourth-order valence-electron chi connectivity index (χ4n) is 4.74. The van der Waals surface area contributed by atoms with E-state index >= 15 is 0 Å². The largest absolute Gasteiger partial charge is 0.357 e. The maximum Gasteiger partial charge on any atom is 0.191 e. The van der Waals surface area contributed by atoms with Gasteiger partial charge in [0.05, 0.1) is 6.54 Å². The summed E-state index contributed by atoms with van der Waals surface area (Å²) < 4.78 is 0. The summed E-state index contributed by atoms with van der Waals surface area (Å²) in [5.74, 6) is 1.01. The molecule has 3 unspecified atom stereocenters. The number of piperidine rings is 2. The zero-order chi connectivity index (χ0) is 17.8. The predicted molar refractivity (Wildman–Crippen MR) is 121 cm³/mol. The van der Waals surface area contributed by atoms with E-state index in [-0.39, 0.29) is 24.0 Å². The van der Waals surface area contributed by atoms with E-state index in [1.807, 2.05) is 0 Å². The van der Waals surface area contributed by atoms with E-state index in [9.17, 15) is 0 Å². The number of nitrogens with zero attached hydrogens (tertiary/aromatic N) is 4. The number of halogens is 1. The number of guanidine groups is 1. The molecule has 0 spiro atoms. The first-order valence-corrected chi connectivity index (χ1v) is 10.2. The molecule has 0 aromatic heterocycles. The van der Waals surface area contributed by atoms with Crippen molar-refractivity contribution in [3.63, 3.8) is 0 Å². The lowest BCUT2D eigenvalue weighted by Crippen LogP contribution is -2.57. The van der Waals surface area contributed by atoms with Gasteiger partial charge >= 0.3 is 0 Å². The number of nitrogens with one attached hydrogen (secondary N) is 2. The van der Waals surface area contributed by atoms with Gasteiger partial charge in [0, 0.05) is 50.3 Å². The van der Waals surface area contributed by atoms with Crippen molar-refractivity contribution in [2.24, 2.45) is 4.99 Å². The first kappa shape index (κ1) is 22.2. The average molecular weight is 478 g/mol. The second-order valence-electron chi connectivity index (χ2n) is 8.33. The molecule has 3 heterocycles. The van der Waals surface area contributed by atoms with E-state index < -0.39 is 0 Å². The molecular formula is C19H39IN6. The molecule has 2 bridgehead atoms. The maximum atomic E-state index is 4.94. The van der Waals surface area contributed by atoms with Gasteiger partial charge in [0.25, 0.3) is 0 Å². The van der Waals surface area contributed by atoms with Gasteiger partial charge in [-0.3, -0.25) is 9.89 Å². The topological polar surface area (TPSA) is 46.1 Å². The van der Waals surface area contributed by atoms with Crippen molar-refractivity contribution in [1.29, 1.82) is 0 Å². The summed E-state index contributed by atoms with van der Waals surface area (Å²) in [6.45, 7) is 7.35. The van der Waals surface area contributed by atoms with Crippen LogP contribution in [0.3, 0.4) is 0 Å². The van der Waals surface area contributed by atoms with Gasteiger partial charge in [0.15, 0.2) is 5.96 Å². The molecule has 26 heavy (non-hydrogen) atoms. The van der Waals surface area contributed by atoms with Crippen LogP contribution in [0.1, 0.15) is 39.0 Å². The Morgan fingerprint density at radius 1 is 1.08 bits per heavy atom. The normalized spacial score (nSPS) is 34.2. The van der Waals surface area contributed by atoms with Gasteiger partial charge in [-0.1, -0.05) is 6.42 Å². The summed E-state index contributed by atoms with van der Waals surface area (Å²) in [5.41, 5.74) is 0. The number of piperazine rings is 1. The minimum atomic E-state index is 0. The lowest BCUT2D eigenvalue weighted by molar-refractivity contribution is 0.0526. The molecule has 3 aliphatic heterocycles. The highest BCUT2D eigenvalue weighted by Crippen LogP contribution is 2.32. The monoisotopic (exact) mass is 478 g/mol. The van der Waals surface area contributed by atoms with Gasteiger partial charge in [-0.25, -0.2) is 0 Å². The standard InChI is InChI=1S/C19H38N6.HI/c1-5-20-19(21-13-18-14-23(2)9-10-24(18)3)22-15-11-16-7-6-8-17(12-15)25(16)4;/h15-18H,5-14H2,1-4H3,(H2,20,21,22);1H. The van der Waals surface area contributed by atoms with E-state index in [4.69, 9.17) is 4.99 Å². The van der Waals surface area contributed by atoms with Crippen molar-refractivity contribution in [2.45, 2.75) is 63.2 Å². The Balaban J connectivity index is 0.00000243. The van der Waals surface area contributed by atoms with E-state index in [1.165, 1.54) is 32.1 Å². The highest BCUT2D eigenvalue weighted by molar-refractivity contribution is 14.0. The second-order valence-corrected chi connectivity index (χ2v) is 8.33. The highest BCUT2D eigenvalue weighted by atomic mass is 127. The number of fused-ring (bicyclic) bond motifs is 2. The van der Waals surface area contributed by atoms with Gasteiger partial charge in [0.2, 0.25) is 0 Å². The Hall–Kier alpha value is -0.120. The van der Waals surface area contributed by atoms with Crippen LogP contribution in [0.15, 0.2) is 4.99 Å². The van der Waals surface area contributed by atoms with Crippen LogP contribution < -0.4 is 10.6 Å². The molecule has 152 valence electrons. The fourth-order valence-corrected chi connectivity index (χ4v) is 4.74. The van der Waals surface area contributed by atoms with Crippen LogP contribution in [-0.4, -0.2) is 98.7 Å². The van der Waals surface area contributed by atoms with Crippen molar-refractivity contribution in [3.05, 3.63) is 0 Å². The molecule has 0 aliphatic carbocycles. The van der Waals surface area contributed by atoms with Crippen LogP contribution in [-0.2, 0) is 0 Å². The summed E-state index contributed by atoms with van der Waals surface area (Å²) in [5, 5.41) is 7.22. The summed E-state index contributed by atoms with van der Waals surface area (Å²) in [4.78, 5) is 12.4. The second kappa shape index (κ2) is 10.4. The first-order chi connectivity index (χ1) is 12.1. The molecule has 2 N–H and O–H groups in total. The molecule has 0 aromatic carbocycles. The first-order valence-electron chi connectivity index (χ1n) is 10.2. The van der Waals surface area contributed by atoms with Crippen LogP contribution in [0.2, 0.25) is 0 Å². The predicted octanol–water partition coefficient (Wildman–Crippen LogP) is 1.42. The van der Waals surface area contributed by atoms with Gasteiger partial charge in [-0.05, 0) is 53.8 Å². The average Bonchev–Trinajstić information content (AvgIpc) is 2.56. The van der Waals surface area contributed by atoms with Crippen molar-refractivity contribution in [1.82, 2.24) is 25.3 Å². The fraction of sp³-hybridized carbons (Fsp3) is 0.947. The molecular weight excluding hydrogens is 439 g/mol. The number of hydrogen-bond donors (Lipinski definition) is 2. The third-order valence-electron chi connectivity index (χ3n) is 6.47. The van der Waals surface area contributed by atoms with Crippen LogP contribution >= 0.6 is 24.0 Å². The third kappa shape index (κ3) is 5.69. The van der Waals surface area contributed by atoms with Crippen molar-refractivity contribution < 1.29 is 0 Å². The maximum absolute atomic E-state index is 4.94. The lowest BCUT2D eigenvalue weighted by atomic mass is 9.82. The minimum Gasteiger partial charge on any atom is -0.357 e. The molecule has 0 amide bonds. The lowest BCUT2D eigenvalue weighted by Gasteiger charge is -2.47. The Morgan fingerprint density at radius 3 is 2.42 bits per heavy atom. The molecule has 0 saturated carbocycles. The Kier molecular flexibility index (Phi) is 8.90. The molecule has 7 heteroatoms. The SMILES string of the molecule is CCNC(=NCC1CN(C)CCN1C)NC1CC2CCCC(C1)N2C.I. The number of aliphatic imine (C=N–C) groups is 1. The molecule has 3 atom stereocenters. The number of rotatable bonds is 4. The molecule has 3 aliphatic rings. The number of likely N-dealkylation sites (N-methyl/N-ethyl adjacent to an activating group) is 2. The van der Waals surface area contributed by atoms with Crippen LogP contribution in [0.5, 0.6) is 0 Å². The summed E-state index contributed by atoms with van der Waals surface area (Å²) in [6, 6.07) is 2.60. The van der Waals surface area contributed by atoms with Crippen molar-refractivity contribution in [2.75, 3.05) is 53.9 Å². The van der Waals surface area contributed by atoms with Gasteiger partial charge in [-0.15, -0.1) is 24.0 Å². The Labute approximate surface area is 177 Å². The van der Waals surface area contributed by atoms with Gasteiger partial charge in [0.1, 0.15) is 0 Å². The molecule has 6 nitrogen and oxygen atoms in total. The Bertz CT molecular complexity index is 445. The van der Waals surface area contributed by atoms with E-state index in [0.717, 1.165) is 50.8 Å². The molecule has 0 aromatic rings. The van der Waals surface area contributed by atoms with Crippen molar-refractivity contribution in [3.8, 4) is 0 Å². The van der Waals surface area contributed by atoms with Crippen LogP contribution in [0.4, 0.5) is 0 Å². The van der Waals surface area contributed by atoms with Crippen LogP contribution in [0, 0.1) is 0 Å². The van der Waals surface area contributed by atoms with E-state index in [1.54, 1.807) is 0 Å². The molecule has 3 fully saturated rings. The Morgan fingerprint density at radius 2 is 1.77 bits per heavy atom. The number of hydrogen-bond acceptors (Lipinski definition) is 4. The zero-order valence-corrected chi connectivity index (χ0v) is 19.4. The smallest absolute Gasteiger partial charge is 0.191 e. The summed E-state index contributed by atoms with van der Waals surface area (Å²) >= 11 is 0. The molecule has 3 saturated heterocycles. The zero-order valence-electron chi connectivity index (χ0n) is 17.1. The summed E-state index contributed by atoms with van der Waals surface area (Å²) in [7, 11) is 6.76. The quantitative estimate of drug-likeness (QED) is 0.364. The molecule has 3 rings (SSSR count). The van der Waals surface area contributed by atoms with E-state index in [0.29, 0.717) is 12.1 Å². The van der Waals surface area contributed by atoms with Gasteiger partial charge in [-0.2, -0.15) is 0 Å². The van der Waals surface area contributed by atoms with E-state index in [2.05, 4.69) is 53.4 Å². The highest BCUT2D eigenvalue weighted by Gasteiger charge is 2.36. The third-order valence-corrected chi connectivity index (χ3v) is 6.47.